The van der Waals surface area contributed by atoms with Crippen molar-refractivity contribution in [2.24, 2.45) is 0 Å². The van der Waals surface area contributed by atoms with Crippen molar-refractivity contribution in [1.82, 2.24) is 0 Å². The molecule has 0 N–H and O–H groups in total. The van der Waals surface area contributed by atoms with E-state index in [9.17, 15) is 0 Å². The van der Waals surface area contributed by atoms with E-state index < -0.39 is 0 Å². The van der Waals surface area contributed by atoms with Crippen molar-refractivity contribution < 1.29 is 9.47 Å². The van der Waals surface area contributed by atoms with Crippen molar-refractivity contribution in [2.45, 2.75) is 66.0 Å². The average Bonchev–Trinajstić information content (AvgIpc) is 1.84. The maximum Gasteiger partial charge on any atom is 0.0809 e. The van der Waals surface area contributed by atoms with Crippen LogP contribution in [0.5, 0.6) is 0 Å². The molecule has 0 radical (unpaired) electrons. The molecule has 0 aliphatic heterocycles. The molecule has 0 aromatic rings. The average molecular weight is 174 g/mol. The van der Waals surface area contributed by atoms with Crippen LogP contribution in [0.25, 0.3) is 0 Å². The zero-order valence-electron chi connectivity index (χ0n) is 9.13. The lowest BCUT2D eigenvalue weighted by molar-refractivity contribution is -0.0942. The molecule has 0 heterocycles. The van der Waals surface area contributed by atoms with E-state index in [1.165, 1.54) is 0 Å². The Morgan fingerprint density at radius 2 is 0.833 bits per heavy atom. The summed E-state index contributed by atoms with van der Waals surface area (Å²) in [6.45, 7) is 12.3. The zero-order valence-corrected chi connectivity index (χ0v) is 9.13. The van der Waals surface area contributed by atoms with Crippen LogP contribution >= 0.6 is 0 Å². The predicted octanol–water partition coefficient (Wildman–Crippen LogP) is 2.61. The first-order valence-electron chi connectivity index (χ1n) is 4.74. The Morgan fingerprint density at radius 3 is 1.00 bits per heavy atom. The largest absolute Gasteiger partial charge is 0.373 e. The zero-order chi connectivity index (χ0) is 9.72. The van der Waals surface area contributed by atoms with Crippen LogP contribution in [-0.4, -0.2) is 24.4 Å². The highest BCUT2D eigenvalue weighted by molar-refractivity contribution is 4.62. The molecule has 0 rings (SSSR count). The SMILES string of the molecule is CC(C)O[C@H](C)[C@@H](C)OC(C)C. The topological polar surface area (TPSA) is 18.5 Å². The number of ether oxygens (including phenoxy) is 2. The van der Waals surface area contributed by atoms with Crippen LogP contribution in [0, 0.1) is 0 Å². The lowest BCUT2D eigenvalue weighted by Gasteiger charge is -2.24. The van der Waals surface area contributed by atoms with E-state index in [0.717, 1.165) is 0 Å². The van der Waals surface area contributed by atoms with E-state index in [0.29, 0.717) is 0 Å². The Hall–Kier alpha value is -0.0800. The monoisotopic (exact) mass is 174 g/mol. The fourth-order valence-electron chi connectivity index (χ4n) is 1.08. The molecule has 74 valence electrons. The summed E-state index contributed by atoms with van der Waals surface area (Å²) in [4.78, 5) is 0. The van der Waals surface area contributed by atoms with Gasteiger partial charge in [-0.05, 0) is 41.5 Å². The van der Waals surface area contributed by atoms with Crippen molar-refractivity contribution in [1.29, 1.82) is 0 Å². The molecule has 0 unspecified atom stereocenters. The molecule has 0 bridgehead atoms. The van der Waals surface area contributed by atoms with Gasteiger partial charge >= 0.3 is 0 Å². The van der Waals surface area contributed by atoms with Gasteiger partial charge < -0.3 is 9.47 Å². The molecule has 0 aliphatic carbocycles. The summed E-state index contributed by atoms with van der Waals surface area (Å²) in [6, 6.07) is 0. The summed E-state index contributed by atoms with van der Waals surface area (Å²) in [6.07, 6.45) is 0.899. The summed E-state index contributed by atoms with van der Waals surface area (Å²) >= 11 is 0. The van der Waals surface area contributed by atoms with Gasteiger partial charge in [0.05, 0.1) is 24.4 Å². The Labute approximate surface area is 76.3 Å². The van der Waals surface area contributed by atoms with Gasteiger partial charge in [0.1, 0.15) is 0 Å². The van der Waals surface area contributed by atoms with Gasteiger partial charge in [0.15, 0.2) is 0 Å². The summed E-state index contributed by atoms with van der Waals surface area (Å²) < 4.78 is 11.2. The van der Waals surface area contributed by atoms with Gasteiger partial charge in [0.2, 0.25) is 0 Å². The highest BCUT2D eigenvalue weighted by Gasteiger charge is 2.15. The molecule has 0 spiro atoms. The van der Waals surface area contributed by atoms with Crippen molar-refractivity contribution in [3.8, 4) is 0 Å². The Bertz CT molecular complexity index is 96.4. The van der Waals surface area contributed by atoms with Gasteiger partial charge in [-0.25, -0.2) is 0 Å². The summed E-state index contributed by atoms with van der Waals surface area (Å²) in [7, 11) is 0. The minimum atomic E-state index is 0.174. The summed E-state index contributed by atoms with van der Waals surface area (Å²) in [5.41, 5.74) is 0. The molecule has 0 saturated heterocycles. The standard InChI is InChI=1S/C10H22O2/c1-7(2)11-9(5)10(6)12-8(3)4/h7-10H,1-6H3/t9-,10-/m1/s1. The van der Waals surface area contributed by atoms with Gasteiger partial charge in [-0.1, -0.05) is 0 Å². The summed E-state index contributed by atoms with van der Waals surface area (Å²) in [5.74, 6) is 0. The minimum Gasteiger partial charge on any atom is -0.373 e. The van der Waals surface area contributed by atoms with E-state index in [2.05, 4.69) is 0 Å². The lowest BCUT2D eigenvalue weighted by Crippen LogP contribution is -2.30. The van der Waals surface area contributed by atoms with Crippen LogP contribution in [0.15, 0.2) is 0 Å². The molecule has 0 amide bonds. The Kier molecular flexibility index (Phi) is 5.51. The highest BCUT2D eigenvalue weighted by atomic mass is 16.5. The fraction of sp³-hybridized carbons (Fsp3) is 1.00. The van der Waals surface area contributed by atoms with Gasteiger partial charge in [-0.2, -0.15) is 0 Å². The predicted molar refractivity (Wildman–Crippen MR) is 51.4 cm³/mol. The molecule has 0 saturated carbocycles. The first-order valence-corrected chi connectivity index (χ1v) is 4.74. The third-order valence-electron chi connectivity index (χ3n) is 1.63. The van der Waals surface area contributed by atoms with Crippen LogP contribution in [-0.2, 0) is 9.47 Å². The minimum absolute atomic E-state index is 0.174. The first-order chi connectivity index (χ1) is 5.43. The number of rotatable bonds is 5. The van der Waals surface area contributed by atoms with E-state index in [4.69, 9.17) is 9.47 Å². The molecular formula is C10H22O2. The third kappa shape index (κ3) is 5.56. The maximum absolute atomic E-state index is 5.59. The van der Waals surface area contributed by atoms with E-state index >= 15 is 0 Å². The molecule has 2 atom stereocenters. The fourth-order valence-corrected chi connectivity index (χ4v) is 1.08. The van der Waals surface area contributed by atoms with Crippen molar-refractivity contribution in [3.63, 3.8) is 0 Å². The first kappa shape index (κ1) is 11.9. The number of hydrogen-bond acceptors (Lipinski definition) is 2. The van der Waals surface area contributed by atoms with Crippen LogP contribution in [0.2, 0.25) is 0 Å². The molecule has 0 aliphatic rings. The second kappa shape index (κ2) is 5.55. The van der Waals surface area contributed by atoms with E-state index in [-0.39, 0.29) is 24.4 Å². The second-order valence-electron chi connectivity index (χ2n) is 3.78. The van der Waals surface area contributed by atoms with Crippen LogP contribution in [0.4, 0.5) is 0 Å². The molecule has 12 heavy (non-hydrogen) atoms. The molecule has 0 fully saturated rings. The molecule has 0 aromatic heterocycles. The maximum atomic E-state index is 5.59. The van der Waals surface area contributed by atoms with Crippen LogP contribution in [0.3, 0.4) is 0 Å². The molecule has 2 nitrogen and oxygen atoms in total. The highest BCUT2D eigenvalue weighted by Crippen LogP contribution is 2.08. The summed E-state index contributed by atoms with van der Waals surface area (Å²) in [5, 5.41) is 0. The van der Waals surface area contributed by atoms with Crippen LogP contribution < -0.4 is 0 Å². The van der Waals surface area contributed by atoms with E-state index in [1.807, 2.05) is 41.5 Å². The quantitative estimate of drug-likeness (QED) is 0.638. The molecule has 0 aromatic carbocycles. The second-order valence-corrected chi connectivity index (χ2v) is 3.78. The molecule has 2 heteroatoms. The smallest absolute Gasteiger partial charge is 0.0809 e. The number of hydrogen-bond donors (Lipinski definition) is 0. The van der Waals surface area contributed by atoms with Gasteiger partial charge in [-0.3, -0.25) is 0 Å². The van der Waals surface area contributed by atoms with Crippen molar-refractivity contribution >= 4 is 0 Å². The van der Waals surface area contributed by atoms with Gasteiger partial charge in [0, 0.05) is 0 Å². The Morgan fingerprint density at radius 1 is 0.583 bits per heavy atom. The molecular weight excluding hydrogens is 152 g/mol. The normalized spacial score (nSPS) is 17.0. The Balaban J connectivity index is 3.68. The van der Waals surface area contributed by atoms with Gasteiger partial charge in [-0.15, -0.1) is 0 Å². The third-order valence-corrected chi connectivity index (χ3v) is 1.63. The lowest BCUT2D eigenvalue weighted by atomic mass is 10.2. The van der Waals surface area contributed by atoms with Crippen molar-refractivity contribution in [2.75, 3.05) is 0 Å². The van der Waals surface area contributed by atoms with Crippen LogP contribution in [0.1, 0.15) is 41.5 Å². The van der Waals surface area contributed by atoms with Gasteiger partial charge in [0.25, 0.3) is 0 Å². The van der Waals surface area contributed by atoms with E-state index in [1.54, 1.807) is 0 Å². The van der Waals surface area contributed by atoms with Crippen molar-refractivity contribution in [3.05, 3.63) is 0 Å².